The number of aryl methyl sites for hydroxylation is 1. The van der Waals surface area contributed by atoms with Gasteiger partial charge in [0, 0.05) is 102 Å². The molecule has 7 rings (SSSR count). The number of aromatic nitrogens is 3. The number of nitrogens with zero attached hydrogens (tertiary/aromatic N) is 7. The first-order valence-electron chi connectivity index (χ1n) is 19.0. The lowest BCUT2D eigenvalue weighted by Crippen LogP contribution is -2.53. The minimum Gasteiger partial charge on any atom is -0.495 e. The molecule has 1 aromatic carbocycles. The van der Waals surface area contributed by atoms with E-state index in [0.29, 0.717) is 49.6 Å². The second-order valence-electron chi connectivity index (χ2n) is 14.3. The molecule has 3 aromatic rings. The number of ether oxygens (including phenoxy) is 2. The van der Waals surface area contributed by atoms with Crippen LogP contribution in [0.2, 0.25) is 0 Å². The minimum atomic E-state index is -0.643. The second-order valence-corrected chi connectivity index (χ2v) is 14.3. The van der Waals surface area contributed by atoms with Crippen LogP contribution in [0.1, 0.15) is 60.8 Å². The van der Waals surface area contributed by atoms with Crippen LogP contribution in [0.4, 0.5) is 33.5 Å². The molecule has 4 aliphatic heterocycles. The van der Waals surface area contributed by atoms with Crippen LogP contribution in [0.3, 0.4) is 0 Å². The zero-order valence-electron chi connectivity index (χ0n) is 31.2. The van der Waals surface area contributed by atoms with Crippen LogP contribution in [0, 0.1) is 0 Å². The fraction of sp³-hybridized carbons (Fsp3) is 0.526. The topological polar surface area (TPSA) is 183 Å². The number of hydrogen-bond acceptors (Lipinski definition) is 13. The number of imide groups is 1. The molecule has 6 heterocycles. The second kappa shape index (κ2) is 17.0. The SMILES string of the molecule is CCc1nc(C(N)=O)c(Nc2ccc(N3CCC(N4CCN(Cc5ccncc5N5CCC(=O)NC5=O)CC4)CC3)c(OC)c2)nc1NC1CCOCC1. The summed E-state index contributed by atoms with van der Waals surface area (Å²) in [6.45, 7) is 10.1. The molecule has 0 saturated carbocycles. The van der Waals surface area contributed by atoms with Crippen LogP contribution in [0.5, 0.6) is 5.75 Å². The lowest BCUT2D eigenvalue weighted by atomic mass is 10.0. The lowest BCUT2D eigenvalue weighted by Gasteiger charge is -2.43. The maximum atomic E-state index is 12.5. The summed E-state index contributed by atoms with van der Waals surface area (Å²) in [4.78, 5) is 59.4. The molecule has 0 atom stereocenters. The maximum Gasteiger partial charge on any atom is 0.328 e. The minimum absolute atomic E-state index is 0.0997. The largest absolute Gasteiger partial charge is 0.495 e. The van der Waals surface area contributed by atoms with Crippen molar-refractivity contribution in [2.45, 2.75) is 64.1 Å². The van der Waals surface area contributed by atoms with Gasteiger partial charge in [0.05, 0.1) is 30.4 Å². The maximum absolute atomic E-state index is 12.5. The van der Waals surface area contributed by atoms with Gasteiger partial charge in [-0.05, 0) is 55.9 Å². The number of pyridine rings is 1. The number of piperidine rings is 1. The van der Waals surface area contributed by atoms with E-state index >= 15 is 0 Å². The van der Waals surface area contributed by atoms with Crippen molar-refractivity contribution in [3.05, 3.63) is 53.6 Å². The van der Waals surface area contributed by atoms with E-state index < -0.39 is 5.91 Å². The van der Waals surface area contributed by atoms with Gasteiger partial charge in [0.2, 0.25) is 5.91 Å². The number of amides is 4. The summed E-state index contributed by atoms with van der Waals surface area (Å²) in [6, 6.07) is 8.26. The number of carbonyl (C=O) groups is 3. The molecule has 0 unspecified atom stereocenters. The van der Waals surface area contributed by atoms with Gasteiger partial charge in [-0.1, -0.05) is 6.92 Å². The van der Waals surface area contributed by atoms with E-state index in [9.17, 15) is 14.4 Å². The average molecular weight is 742 g/mol. The summed E-state index contributed by atoms with van der Waals surface area (Å²) in [5.41, 5.74) is 10.1. The Morgan fingerprint density at radius 3 is 2.46 bits per heavy atom. The highest BCUT2D eigenvalue weighted by Gasteiger charge is 2.31. The molecule has 288 valence electrons. The highest BCUT2D eigenvalue weighted by atomic mass is 16.5. The summed E-state index contributed by atoms with van der Waals surface area (Å²) in [5.74, 6) is 0.799. The van der Waals surface area contributed by atoms with Crippen molar-refractivity contribution in [2.75, 3.05) is 86.6 Å². The van der Waals surface area contributed by atoms with Gasteiger partial charge in [0.1, 0.15) is 5.75 Å². The Labute approximate surface area is 315 Å². The molecule has 4 saturated heterocycles. The Hall–Kier alpha value is -5.06. The molecule has 4 fully saturated rings. The van der Waals surface area contributed by atoms with Gasteiger partial charge < -0.3 is 30.7 Å². The Bertz CT molecular complexity index is 1820. The van der Waals surface area contributed by atoms with Gasteiger partial charge in [-0.3, -0.25) is 34.6 Å². The summed E-state index contributed by atoms with van der Waals surface area (Å²) in [5, 5.41) is 9.23. The summed E-state index contributed by atoms with van der Waals surface area (Å²) >= 11 is 0. The molecule has 54 heavy (non-hydrogen) atoms. The molecule has 5 N–H and O–H groups in total. The molecular formula is C38H51N11O5. The zero-order valence-corrected chi connectivity index (χ0v) is 31.2. The van der Waals surface area contributed by atoms with Crippen molar-refractivity contribution in [1.82, 2.24) is 30.1 Å². The predicted molar refractivity (Wildman–Crippen MR) is 205 cm³/mol. The summed E-state index contributed by atoms with van der Waals surface area (Å²) < 4.78 is 11.4. The van der Waals surface area contributed by atoms with Crippen LogP contribution < -0.4 is 36.2 Å². The van der Waals surface area contributed by atoms with Crippen LogP contribution in [-0.2, 0) is 22.5 Å². The number of nitrogens with two attached hydrogens (primary N) is 1. The zero-order chi connectivity index (χ0) is 37.6. The monoisotopic (exact) mass is 741 g/mol. The number of hydrogen-bond donors (Lipinski definition) is 4. The van der Waals surface area contributed by atoms with Crippen LogP contribution in [0.15, 0.2) is 36.7 Å². The van der Waals surface area contributed by atoms with E-state index in [4.69, 9.17) is 20.2 Å². The predicted octanol–water partition coefficient (Wildman–Crippen LogP) is 3.11. The van der Waals surface area contributed by atoms with Gasteiger partial charge in [0.25, 0.3) is 5.91 Å². The quantitative estimate of drug-likeness (QED) is 0.213. The molecule has 4 aliphatic rings. The van der Waals surface area contributed by atoms with Crippen molar-refractivity contribution in [3.63, 3.8) is 0 Å². The summed E-state index contributed by atoms with van der Waals surface area (Å²) in [7, 11) is 1.67. The number of methoxy groups -OCH3 is 1. The number of primary amides is 1. The third-order valence-corrected chi connectivity index (χ3v) is 10.9. The lowest BCUT2D eigenvalue weighted by molar-refractivity contribution is -0.120. The number of carbonyl (C=O) groups excluding carboxylic acids is 3. The van der Waals surface area contributed by atoms with Gasteiger partial charge in [-0.15, -0.1) is 0 Å². The van der Waals surface area contributed by atoms with Gasteiger partial charge in [-0.2, -0.15) is 0 Å². The molecule has 4 amide bonds. The van der Waals surface area contributed by atoms with E-state index in [1.165, 1.54) is 0 Å². The molecule has 0 aliphatic carbocycles. The van der Waals surface area contributed by atoms with Crippen molar-refractivity contribution in [1.29, 1.82) is 0 Å². The van der Waals surface area contributed by atoms with E-state index in [2.05, 4.69) is 46.7 Å². The average Bonchev–Trinajstić information content (AvgIpc) is 3.19. The van der Waals surface area contributed by atoms with Crippen molar-refractivity contribution in [3.8, 4) is 5.75 Å². The van der Waals surface area contributed by atoms with Crippen LogP contribution in [0.25, 0.3) is 0 Å². The number of anilines is 5. The standard InChI is InChI=1S/C38H51N11O5/c1-3-29-36(41-26-10-20-54-21-11-26)45-37(34(43-29)35(39)51)42-27-4-5-30(32(22-27)53-2)48-13-7-28(8-14-48)47-18-16-46(17-19-47)24-25-6-12-40-23-31(25)49-15-9-33(50)44-38(49)52/h4-6,12,22-23,26,28H,3,7-11,13-21,24H2,1-2H3,(H2,39,51)(H2,41,42,45)(H,44,50,52). The smallest absolute Gasteiger partial charge is 0.328 e. The fourth-order valence-corrected chi connectivity index (χ4v) is 7.86. The Morgan fingerprint density at radius 2 is 1.76 bits per heavy atom. The van der Waals surface area contributed by atoms with Crippen LogP contribution >= 0.6 is 0 Å². The Kier molecular flexibility index (Phi) is 11.7. The van der Waals surface area contributed by atoms with E-state index in [-0.39, 0.29) is 30.1 Å². The Morgan fingerprint density at radius 1 is 0.981 bits per heavy atom. The van der Waals surface area contributed by atoms with Crippen molar-refractivity contribution >= 4 is 46.5 Å². The van der Waals surface area contributed by atoms with Gasteiger partial charge in [-0.25, -0.2) is 14.8 Å². The van der Waals surface area contributed by atoms with E-state index in [0.717, 1.165) is 99.9 Å². The molecule has 0 spiro atoms. The normalized spacial score (nSPS) is 19.4. The molecule has 2 aromatic heterocycles. The first-order valence-corrected chi connectivity index (χ1v) is 19.0. The highest BCUT2D eigenvalue weighted by Crippen LogP contribution is 2.35. The highest BCUT2D eigenvalue weighted by molar-refractivity contribution is 6.05. The van der Waals surface area contributed by atoms with E-state index in [1.807, 2.05) is 25.1 Å². The first kappa shape index (κ1) is 37.3. The summed E-state index contributed by atoms with van der Waals surface area (Å²) in [6.07, 6.45) is 8.21. The van der Waals surface area contributed by atoms with Gasteiger partial charge in [0.15, 0.2) is 17.3 Å². The molecule has 0 bridgehead atoms. The third kappa shape index (κ3) is 8.50. The van der Waals surface area contributed by atoms with E-state index in [1.54, 1.807) is 24.4 Å². The first-order chi connectivity index (χ1) is 26.3. The van der Waals surface area contributed by atoms with Crippen molar-refractivity contribution in [2.24, 2.45) is 5.73 Å². The third-order valence-electron chi connectivity index (χ3n) is 10.9. The van der Waals surface area contributed by atoms with Crippen LogP contribution in [-0.4, -0.2) is 121 Å². The Balaban J connectivity index is 0.948. The van der Waals surface area contributed by atoms with Gasteiger partial charge >= 0.3 is 6.03 Å². The number of benzene rings is 1. The van der Waals surface area contributed by atoms with Crippen molar-refractivity contribution < 1.29 is 23.9 Å². The molecule has 16 heteroatoms. The number of urea groups is 1. The molecule has 0 radical (unpaired) electrons. The molecular weight excluding hydrogens is 690 g/mol. The number of rotatable bonds is 12. The number of piperazine rings is 1. The number of nitrogens with one attached hydrogen (secondary N) is 3. The fourth-order valence-electron chi connectivity index (χ4n) is 7.86. The molecule has 16 nitrogen and oxygen atoms in total.